The molecule has 7 heteroatoms. The van der Waals surface area contributed by atoms with Gasteiger partial charge in [0.25, 0.3) is 0 Å². The fourth-order valence-corrected chi connectivity index (χ4v) is 3.64. The number of thioether (sulfide) groups is 1. The minimum absolute atomic E-state index is 0.230. The zero-order valence-corrected chi connectivity index (χ0v) is 16.3. The summed E-state index contributed by atoms with van der Waals surface area (Å²) >= 11 is 7.64. The van der Waals surface area contributed by atoms with Crippen molar-refractivity contribution in [1.29, 1.82) is 0 Å². The number of hydrogen-bond donors (Lipinski definition) is 0. The lowest BCUT2D eigenvalue weighted by Gasteiger charge is -2.15. The van der Waals surface area contributed by atoms with Gasteiger partial charge >= 0.3 is 0 Å². The Bertz CT molecular complexity index is 916. The van der Waals surface area contributed by atoms with Crippen LogP contribution in [0.2, 0.25) is 5.02 Å². The number of hydrogen-bond acceptors (Lipinski definition) is 4. The molecule has 0 fully saturated rings. The predicted octanol–water partition coefficient (Wildman–Crippen LogP) is 5.35. The summed E-state index contributed by atoms with van der Waals surface area (Å²) in [5.74, 6) is 1.50. The largest absolute Gasteiger partial charge is 0.481 e. The molecule has 0 saturated heterocycles. The fourth-order valence-electron chi connectivity index (χ4n) is 2.57. The third kappa shape index (κ3) is 4.37. The Labute approximate surface area is 161 Å². The number of aryl methyl sites for hydroxylation is 1. The van der Waals surface area contributed by atoms with Gasteiger partial charge in [-0.15, -0.1) is 10.2 Å². The second kappa shape index (κ2) is 8.10. The second-order valence-corrected chi connectivity index (χ2v) is 7.36. The Hall–Kier alpha value is -2.05. The van der Waals surface area contributed by atoms with Crippen LogP contribution >= 0.6 is 23.4 Å². The molecular formula is C19H19ClFN3OS. The van der Waals surface area contributed by atoms with Gasteiger partial charge in [-0.25, -0.2) is 4.39 Å². The molecule has 1 heterocycles. The van der Waals surface area contributed by atoms with E-state index in [4.69, 9.17) is 16.3 Å². The van der Waals surface area contributed by atoms with Gasteiger partial charge < -0.3 is 9.30 Å². The van der Waals surface area contributed by atoms with E-state index in [1.54, 1.807) is 11.8 Å². The minimum Gasteiger partial charge on any atom is -0.481 e. The average molecular weight is 392 g/mol. The van der Waals surface area contributed by atoms with Crippen LogP contribution in [-0.4, -0.2) is 14.8 Å². The summed E-state index contributed by atoms with van der Waals surface area (Å²) in [7, 11) is 1.90. The van der Waals surface area contributed by atoms with Crippen molar-refractivity contribution in [1.82, 2.24) is 14.8 Å². The van der Waals surface area contributed by atoms with E-state index in [2.05, 4.69) is 41.4 Å². The van der Waals surface area contributed by atoms with Gasteiger partial charge in [0.05, 0.1) is 5.02 Å². The number of halogens is 2. The quantitative estimate of drug-likeness (QED) is 0.531. The number of aromatic nitrogens is 3. The van der Waals surface area contributed by atoms with Gasteiger partial charge in [-0.1, -0.05) is 53.2 Å². The standard InChI is InChI=1S/C19H19ClFN3OS/c1-12-5-4-6-14(9-12)11-26-19-23-22-18(24(19)3)13(2)25-17-8-7-15(21)10-16(17)20/h4-10,13H,11H2,1-3H3/t13-/m1/s1. The van der Waals surface area contributed by atoms with Gasteiger partial charge in [0, 0.05) is 12.8 Å². The number of ether oxygens (including phenoxy) is 1. The lowest BCUT2D eigenvalue weighted by molar-refractivity contribution is 0.211. The highest BCUT2D eigenvalue weighted by molar-refractivity contribution is 7.98. The SMILES string of the molecule is Cc1cccc(CSc2nnc([C@@H](C)Oc3ccc(F)cc3Cl)n2C)c1. The maximum atomic E-state index is 13.2. The van der Waals surface area contributed by atoms with Crippen LogP contribution in [0.15, 0.2) is 47.6 Å². The van der Waals surface area contributed by atoms with Gasteiger partial charge in [-0.3, -0.25) is 0 Å². The lowest BCUT2D eigenvalue weighted by Crippen LogP contribution is -2.10. The highest BCUT2D eigenvalue weighted by atomic mass is 35.5. The molecule has 26 heavy (non-hydrogen) atoms. The molecule has 1 atom stereocenters. The Morgan fingerprint density at radius 3 is 2.77 bits per heavy atom. The first kappa shape index (κ1) is 18.7. The highest BCUT2D eigenvalue weighted by Gasteiger charge is 2.18. The zero-order valence-electron chi connectivity index (χ0n) is 14.7. The van der Waals surface area contributed by atoms with Crippen molar-refractivity contribution in [3.63, 3.8) is 0 Å². The van der Waals surface area contributed by atoms with Gasteiger partial charge in [0.2, 0.25) is 0 Å². The summed E-state index contributed by atoms with van der Waals surface area (Å²) in [5.41, 5.74) is 2.47. The van der Waals surface area contributed by atoms with Crippen molar-refractivity contribution >= 4 is 23.4 Å². The van der Waals surface area contributed by atoms with Gasteiger partial charge in [0.15, 0.2) is 17.1 Å². The van der Waals surface area contributed by atoms with E-state index in [0.29, 0.717) is 11.6 Å². The first-order chi connectivity index (χ1) is 12.4. The van der Waals surface area contributed by atoms with E-state index in [1.165, 1.54) is 29.3 Å². The molecule has 0 bridgehead atoms. The monoisotopic (exact) mass is 391 g/mol. The summed E-state index contributed by atoms with van der Waals surface area (Å²) in [6, 6.07) is 12.4. The van der Waals surface area contributed by atoms with E-state index >= 15 is 0 Å². The molecule has 0 aliphatic rings. The minimum atomic E-state index is -0.400. The van der Waals surface area contributed by atoms with Crippen LogP contribution in [0.25, 0.3) is 0 Å². The second-order valence-electron chi connectivity index (χ2n) is 6.01. The molecule has 3 rings (SSSR count). The van der Waals surface area contributed by atoms with Crippen LogP contribution in [0, 0.1) is 12.7 Å². The fraction of sp³-hybridized carbons (Fsp3) is 0.263. The summed E-state index contributed by atoms with van der Waals surface area (Å²) in [6.45, 7) is 3.94. The van der Waals surface area contributed by atoms with Crippen LogP contribution in [0.5, 0.6) is 5.75 Å². The third-order valence-electron chi connectivity index (χ3n) is 3.88. The number of rotatable bonds is 6. The molecule has 0 aliphatic heterocycles. The summed E-state index contributed by atoms with van der Waals surface area (Å²) in [5, 5.41) is 9.53. The molecule has 3 aromatic rings. The maximum Gasteiger partial charge on any atom is 0.191 e. The summed E-state index contributed by atoms with van der Waals surface area (Å²) in [4.78, 5) is 0. The third-order valence-corrected chi connectivity index (χ3v) is 5.27. The Kier molecular flexibility index (Phi) is 5.84. The Morgan fingerprint density at radius 2 is 2.04 bits per heavy atom. The van der Waals surface area contributed by atoms with Crippen molar-refractivity contribution in [2.45, 2.75) is 30.9 Å². The molecule has 2 aromatic carbocycles. The first-order valence-corrected chi connectivity index (χ1v) is 9.49. The topological polar surface area (TPSA) is 39.9 Å². The van der Waals surface area contributed by atoms with E-state index < -0.39 is 5.82 Å². The molecule has 0 saturated carbocycles. The first-order valence-electron chi connectivity index (χ1n) is 8.13. The van der Waals surface area contributed by atoms with Crippen molar-refractivity contribution in [3.05, 3.63) is 70.3 Å². The van der Waals surface area contributed by atoms with E-state index in [-0.39, 0.29) is 11.1 Å². The molecule has 0 spiro atoms. The molecule has 0 unspecified atom stereocenters. The molecule has 1 aromatic heterocycles. The van der Waals surface area contributed by atoms with Crippen molar-refractivity contribution < 1.29 is 9.13 Å². The molecule has 0 radical (unpaired) electrons. The van der Waals surface area contributed by atoms with E-state index in [1.807, 2.05) is 18.5 Å². The molecule has 4 nitrogen and oxygen atoms in total. The van der Waals surface area contributed by atoms with Crippen LogP contribution in [0.3, 0.4) is 0 Å². The average Bonchev–Trinajstić information content (AvgIpc) is 2.96. The van der Waals surface area contributed by atoms with Crippen molar-refractivity contribution in [2.24, 2.45) is 7.05 Å². The Morgan fingerprint density at radius 1 is 1.23 bits per heavy atom. The van der Waals surface area contributed by atoms with Gasteiger partial charge in [-0.2, -0.15) is 0 Å². The number of nitrogens with zero attached hydrogens (tertiary/aromatic N) is 3. The normalized spacial score (nSPS) is 12.2. The van der Waals surface area contributed by atoms with Gasteiger partial charge in [0.1, 0.15) is 11.6 Å². The van der Waals surface area contributed by atoms with E-state index in [9.17, 15) is 4.39 Å². The van der Waals surface area contributed by atoms with Gasteiger partial charge in [-0.05, 0) is 37.6 Å². The smallest absolute Gasteiger partial charge is 0.191 e. The zero-order chi connectivity index (χ0) is 18.7. The summed E-state index contributed by atoms with van der Waals surface area (Å²) in [6.07, 6.45) is -0.371. The molecule has 136 valence electrons. The highest BCUT2D eigenvalue weighted by Crippen LogP contribution is 2.30. The van der Waals surface area contributed by atoms with Crippen molar-refractivity contribution in [3.8, 4) is 5.75 Å². The lowest BCUT2D eigenvalue weighted by atomic mass is 10.2. The molecular weight excluding hydrogens is 373 g/mol. The number of benzene rings is 2. The molecule has 0 amide bonds. The van der Waals surface area contributed by atoms with Crippen LogP contribution in [-0.2, 0) is 12.8 Å². The van der Waals surface area contributed by atoms with Crippen LogP contribution in [0.4, 0.5) is 4.39 Å². The van der Waals surface area contributed by atoms with Crippen LogP contribution < -0.4 is 4.74 Å². The van der Waals surface area contributed by atoms with Crippen LogP contribution in [0.1, 0.15) is 30.0 Å². The molecule has 0 aliphatic carbocycles. The Balaban J connectivity index is 1.69. The molecule has 0 N–H and O–H groups in total. The predicted molar refractivity (Wildman–Crippen MR) is 102 cm³/mol. The summed E-state index contributed by atoms with van der Waals surface area (Å²) < 4.78 is 20.9. The van der Waals surface area contributed by atoms with E-state index in [0.717, 1.165) is 10.9 Å². The maximum absolute atomic E-state index is 13.2. The van der Waals surface area contributed by atoms with Crippen molar-refractivity contribution in [2.75, 3.05) is 0 Å².